The lowest BCUT2D eigenvalue weighted by Gasteiger charge is -2.09. The maximum Gasteiger partial charge on any atom is 0.311 e. The summed E-state index contributed by atoms with van der Waals surface area (Å²) in [5, 5.41) is 11.0. The fourth-order valence-corrected chi connectivity index (χ4v) is 2.03. The molecule has 0 saturated carbocycles. The van der Waals surface area contributed by atoms with E-state index in [-0.39, 0.29) is 23.6 Å². The molecule has 2 aromatic rings. The van der Waals surface area contributed by atoms with E-state index in [0.717, 1.165) is 5.56 Å². The number of benzene rings is 2. The van der Waals surface area contributed by atoms with Crippen molar-refractivity contribution in [3.63, 3.8) is 0 Å². The summed E-state index contributed by atoms with van der Waals surface area (Å²) in [6.07, 6.45) is 0.571. The van der Waals surface area contributed by atoms with Gasteiger partial charge in [0.25, 0.3) is 0 Å². The summed E-state index contributed by atoms with van der Waals surface area (Å²) < 4.78 is 5.53. The van der Waals surface area contributed by atoms with Crippen molar-refractivity contribution in [2.75, 3.05) is 0 Å². The molecule has 22 heavy (non-hydrogen) atoms. The first-order valence-electron chi connectivity index (χ1n) is 6.96. The average molecular weight is 299 g/mol. The van der Waals surface area contributed by atoms with Crippen LogP contribution in [-0.2, 0) is 6.61 Å². The first-order valence-corrected chi connectivity index (χ1v) is 6.96. The number of hydrogen-bond donors (Lipinski definition) is 0. The lowest BCUT2D eigenvalue weighted by atomic mass is 10.0. The third-order valence-corrected chi connectivity index (χ3v) is 3.36. The predicted octanol–water partition coefficient (Wildman–Crippen LogP) is 4.11. The summed E-state index contributed by atoms with van der Waals surface area (Å²) in [5.41, 5.74) is 2.20. The molecule has 2 rings (SSSR count). The lowest BCUT2D eigenvalue weighted by Crippen LogP contribution is -2.00. The van der Waals surface area contributed by atoms with E-state index in [1.807, 2.05) is 24.3 Å². The van der Waals surface area contributed by atoms with Crippen LogP contribution in [0.3, 0.4) is 0 Å². The van der Waals surface area contributed by atoms with Gasteiger partial charge in [-0.1, -0.05) is 38.1 Å². The van der Waals surface area contributed by atoms with Crippen molar-refractivity contribution in [3.8, 4) is 5.75 Å². The fourth-order valence-electron chi connectivity index (χ4n) is 2.03. The Kier molecular flexibility index (Phi) is 4.88. The third-order valence-electron chi connectivity index (χ3n) is 3.36. The smallest absolute Gasteiger partial charge is 0.311 e. The highest BCUT2D eigenvalue weighted by molar-refractivity contribution is 5.77. The van der Waals surface area contributed by atoms with E-state index in [2.05, 4.69) is 13.8 Å². The molecule has 0 amide bonds. The number of nitro groups is 1. The molecule has 0 heterocycles. The molecule has 0 aliphatic heterocycles. The van der Waals surface area contributed by atoms with Crippen LogP contribution >= 0.6 is 0 Å². The molecular weight excluding hydrogens is 282 g/mol. The predicted molar refractivity (Wildman–Crippen MR) is 83.3 cm³/mol. The Hall–Kier alpha value is -2.69. The number of carbonyl (C=O) groups excluding carboxylic acids is 1. The second-order valence-corrected chi connectivity index (χ2v) is 5.29. The molecule has 0 N–H and O–H groups in total. The highest BCUT2D eigenvalue weighted by atomic mass is 16.6. The first kappa shape index (κ1) is 15.7. The van der Waals surface area contributed by atoms with Crippen LogP contribution in [0.4, 0.5) is 5.69 Å². The van der Waals surface area contributed by atoms with Crippen molar-refractivity contribution >= 4 is 12.0 Å². The van der Waals surface area contributed by atoms with Gasteiger partial charge in [-0.2, -0.15) is 0 Å². The Balaban J connectivity index is 2.14. The van der Waals surface area contributed by atoms with E-state index in [1.165, 1.54) is 23.8 Å². The van der Waals surface area contributed by atoms with Gasteiger partial charge in [-0.05, 0) is 29.2 Å². The molecule has 0 fully saturated rings. The summed E-state index contributed by atoms with van der Waals surface area (Å²) in [6, 6.07) is 12.1. The molecule has 0 bridgehead atoms. The Labute approximate surface area is 128 Å². The minimum Gasteiger partial charge on any atom is -0.482 e. The van der Waals surface area contributed by atoms with Gasteiger partial charge in [-0.3, -0.25) is 14.9 Å². The van der Waals surface area contributed by atoms with Crippen LogP contribution in [0, 0.1) is 10.1 Å². The standard InChI is InChI=1S/C17H17NO4/c1-12(2)15-6-3-13(4-7-15)11-22-17-8-5-14(10-19)9-16(17)18(20)21/h3-10,12H,11H2,1-2H3. The van der Waals surface area contributed by atoms with Crippen molar-refractivity contribution < 1.29 is 14.5 Å². The molecule has 114 valence electrons. The molecular formula is C17H17NO4. The molecule has 0 saturated heterocycles. The summed E-state index contributed by atoms with van der Waals surface area (Å²) >= 11 is 0. The number of nitro benzene ring substituents is 1. The molecule has 0 unspecified atom stereocenters. The van der Waals surface area contributed by atoms with E-state index in [0.29, 0.717) is 12.2 Å². The Morgan fingerprint density at radius 2 is 1.86 bits per heavy atom. The van der Waals surface area contributed by atoms with Gasteiger partial charge in [-0.15, -0.1) is 0 Å². The number of carbonyl (C=O) groups is 1. The van der Waals surface area contributed by atoms with Crippen molar-refractivity contribution in [2.24, 2.45) is 0 Å². The molecule has 0 aromatic heterocycles. The number of nitrogens with zero attached hydrogens (tertiary/aromatic N) is 1. The van der Waals surface area contributed by atoms with Crippen LogP contribution < -0.4 is 4.74 Å². The number of rotatable bonds is 6. The zero-order chi connectivity index (χ0) is 16.1. The second-order valence-electron chi connectivity index (χ2n) is 5.29. The normalized spacial score (nSPS) is 10.5. The Bertz CT molecular complexity index is 678. The molecule has 5 heteroatoms. The summed E-state index contributed by atoms with van der Waals surface area (Å²) in [5.74, 6) is 0.607. The summed E-state index contributed by atoms with van der Waals surface area (Å²) in [7, 11) is 0. The van der Waals surface area contributed by atoms with Crippen LogP contribution in [0.2, 0.25) is 0 Å². The third kappa shape index (κ3) is 3.69. The first-order chi connectivity index (χ1) is 10.5. The SMILES string of the molecule is CC(C)c1ccc(COc2ccc(C=O)cc2[N+](=O)[O-])cc1. The van der Waals surface area contributed by atoms with Gasteiger partial charge in [0.05, 0.1) is 4.92 Å². The average Bonchev–Trinajstić information content (AvgIpc) is 2.53. The van der Waals surface area contributed by atoms with Crippen molar-refractivity contribution in [3.05, 3.63) is 69.3 Å². The van der Waals surface area contributed by atoms with Crippen LogP contribution in [0.1, 0.15) is 41.3 Å². The molecule has 0 aliphatic carbocycles. The molecule has 0 radical (unpaired) electrons. The van der Waals surface area contributed by atoms with Gasteiger partial charge in [0.1, 0.15) is 12.9 Å². The van der Waals surface area contributed by atoms with Gasteiger partial charge in [0.15, 0.2) is 5.75 Å². The van der Waals surface area contributed by atoms with Crippen molar-refractivity contribution in [1.29, 1.82) is 0 Å². The van der Waals surface area contributed by atoms with Gasteiger partial charge >= 0.3 is 5.69 Å². The number of aldehydes is 1. The molecule has 2 aromatic carbocycles. The van der Waals surface area contributed by atoms with E-state index < -0.39 is 4.92 Å². The minimum atomic E-state index is -0.551. The van der Waals surface area contributed by atoms with Crippen molar-refractivity contribution in [1.82, 2.24) is 0 Å². The van der Waals surface area contributed by atoms with Crippen LogP contribution in [0.15, 0.2) is 42.5 Å². The minimum absolute atomic E-state index is 0.156. The summed E-state index contributed by atoms with van der Waals surface area (Å²) in [4.78, 5) is 21.2. The number of hydrogen-bond acceptors (Lipinski definition) is 4. The molecule has 0 atom stereocenters. The Morgan fingerprint density at radius 3 is 2.41 bits per heavy atom. The van der Waals surface area contributed by atoms with Gasteiger partial charge in [0.2, 0.25) is 0 Å². The van der Waals surface area contributed by atoms with Gasteiger partial charge in [0, 0.05) is 11.6 Å². The van der Waals surface area contributed by atoms with E-state index in [4.69, 9.17) is 4.74 Å². The molecule has 0 spiro atoms. The molecule has 5 nitrogen and oxygen atoms in total. The van der Waals surface area contributed by atoms with Gasteiger partial charge in [-0.25, -0.2) is 0 Å². The fraction of sp³-hybridized carbons (Fsp3) is 0.235. The van der Waals surface area contributed by atoms with E-state index in [9.17, 15) is 14.9 Å². The molecule has 0 aliphatic rings. The zero-order valence-corrected chi connectivity index (χ0v) is 12.5. The van der Waals surface area contributed by atoms with E-state index in [1.54, 1.807) is 0 Å². The van der Waals surface area contributed by atoms with Crippen LogP contribution in [-0.4, -0.2) is 11.2 Å². The largest absolute Gasteiger partial charge is 0.482 e. The highest BCUT2D eigenvalue weighted by Crippen LogP contribution is 2.28. The lowest BCUT2D eigenvalue weighted by molar-refractivity contribution is -0.386. The summed E-state index contributed by atoms with van der Waals surface area (Å²) in [6.45, 7) is 4.46. The maximum absolute atomic E-state index is 11.0. The van der Waals surface area contributed by atoms with Crippen LogP contribution in [0.5, 0.6) is 5.75 Å². The second kappa shape index (κ2) is 6.85. The quantitative estimate of drug-likeness (QED) is 0.457. The number of ether oxygens (including phenoxy) is 1. The van der Waals surface area contributed by atoms with Gasteiger partial charge < -0.3 is 4.74 Å². The maximum atomic E-state index is 11.0. The van der Waals surface area contributed by atoms with E-state index >= 15 is 0 Å². The highest BCUT2D eigenvalue weighted by Gasteiger charge is 2.16. The Morgan fingerprint density at radius 1 is 1.18 bits per heavy atom. The monoisotopic (exact) mass is 299 g/mol. The topological polar surface area (TPSA) is 69.4 Å². The van der Waals surface area contributed by atoms with Crippen LogP contribution in [0.25, 0.3) is 0 Å². The van der Waals surface area contributed by atoms with Crippen molar-refractivity contribution in [2.45, 2.75) is 26.4 Å². The zero-order valence-electron chi connectivity index (χ0n) is 12.5.